The normalized spacial score (nSPS) is 19.3. The molecule has 0 saturated carbocycles. The van der Waals surface area contributed by atoms with Crippen LogP contribution in [0.15, 0.2) is 10.9 Å². The standard InChI is InChI=1S/C13H20N4O2/c1-3-10-15-11(7-12(18)16-10)17-6-4-5-9(8-17)13(19)14-2/h7,9H,3-6,8H2,1-2H3,(H,14,19)(H,15,16,18). The van der Waals surface area contributed by atoms with Gasteiger partial charge in [0.25, 0.3) is 5.56 Å². The molecule has 0 radical (unpaired) electrons. The molecule has 2 heterocycles. The van der Waals surface area contributed by atoms with Crippen molar-refractivity contribution in [3.8, 4) is 0 Å². The lowest BCUT2D eigenvalue weighted by molar-refractivity contribution is -0.124. The predicted octanol–water partition coefficient (Wildman–Crippen LogP) is 0.295. The van der Waals surface area contributed by atoms with Crippen LogP contribution in [0.2, 0.25) is 0 Å². The molecule has 0 spiro atoms. The lowest BCUT2D eigenvalue weighted by atomic mass is 9.97. The maximum atomic E-state index is 11.7. The Hall–Kier alpha value is -1.85. The van der Waals surface area contributed by atoms with E-state index in [0.717, 1.165) is 19.4 Å². The fraction of sp³-hybridized carbons (Fsp3) is 0.615. The molecule has 1 aromatic heterocycles. The van der Waals surface area contributed by atoms with Gasteiger partial charge in [-0.2, -0.15) is 0 Å². The minimum absolute atomic E-state index is 0.0232. The van der Waals surface area contributed by atoms with Crippen LogP contribution in [0.5, 0.6) is 0 Å². The molecule has 2 rings (SSSR count). The SMILES string of the molecule is CCc1nc(N2CCCC(C(=O)NC)C2)cc(=O)[nH]1. The van der Waals surface area contributed by atoms with Gasteiger partial charge in [0, 0.05) is 32.6 Å². The predicted molar refractivity (Wildman–Crippen MR) is 73.2 cm³/mol. The third-order valence-electron chi connectivity index (χ3n) is 3.47. The second kappa shape index (κ2) is 5.86. The van der Waals surface area contributed by atoms with Crippen LogP contribution < -0.4 is 15.8 Å². The van der Waals surface area contributed by atoms with Crippen LogP contribution in [0.4, 0.5) is 5.82 Å². The van der Waals surface area contributed by atoms with E-state index in [0.29, 0.717) is 24.6 Å². The van der Waals surface area contributed by atoms with Gasteiger partial charge in [0.1, 0.15) is 11.6 Å². The number of aromatic amines is 1. The van der Waals surface area contributed by atoms with E-state index < -0.39 is 0 Å². The number of rotatable bonds is 3. The summed E-state index contributed by atoms with van der Waals surface area (Å²) >= 11 is 0. The van der Waals surface area contributed by atoms with Crippen molar-refractivity contribution in [3.05, 3.63) is 22.2 Å². The lowest BCUT2D eigenvalue weighted by Crippen LogP contribution is -2.43. The van der Waals surface area contributed by atoms with Crippen LogP contribution in [0, 0.1) is 5.92 Å². The number of aromatic nitrogens is 2. The van der Waals surface area contributed by atoms with Gasteiger partial charge in [-0.05, 0) is 12.8 Å². The number of nitrogens with zero attached hydrogens (tertiary/aromatic N) is 2. The van der Waals surface area contributed by atoms with E-state index in [2.05, 4.69) is 15.3 Å². The van der Waals surface area contributed by atoms with E-state index in [4.69, 9.17) is 0 Å². The summed E-state index contributed by atoms with van der Waals surface area (Å²) in [6.45, 7) is 3.41. The molecule has 1 saturated heterocycles. The first-order valence-electron chi connectivity index (χ1n) is 6.70. The lowest BCUT2D eigenvalue weighted by Gasteiger charge is -2.32. The fourth-order valence-corrected chi connectivity index (χ4v) is 2.43. The summed E-state index contributed by atoms with van der Waals surface area (Å²) < 4.78 is 0. The summed E-state index contributed by atoms with van der Waals surface area (Å²) in [7, 11) is 1.65. The summed E-state index contributed by atoms with van der Waals surface area (Å²) in [6, 6.07) is 1.51. The highest BCUT2D eigenvalue weighted by atomic mass is 16.1. The van der Waals surface area contributed by atoms with Crippen molar-refractivity contribution in [2.45, 2.75) is 26.2 Å². The molecule has 0 aliphatic carbocycles. The topological polar surface area (TPSA) is 78.1 Å². The second-order valence-electron chi connectivity index (χ2n) is 4.80. The number of carbonyl (C=O) groups excluding carboxylic acids is 1. The summed E-state index contributed by atoms with van der Waals surface area (Å²) in [4.78, 5) is 32.5. The molecule has 0 bridgehead atoms. The highest BCUT2D eigenvalue weighted by Gasteiger charge is 2.26. The smallest absolute Gasteiger partial charge is 0.252 e. The first kappa shape index (κ1) is 13.6. The van der Waals surface area contributed by atoms with Crippen molar-refractivity contribution in [3.63, 3.8) is 0 Å². The number of hydrogen-bond donors (Lipinski definition) is 2. The molecule has 19 heavy (non-hydrogen) atoms. The Bertz CT molecular complexity index is 512. The van der Waals surface area contributed by atoms with Crippen LogP contribution in [-0.4, -0.2) is 36.0 Å². The number of carbonyl (C=O) groups is 1. The quantitative estimate of drug-likeness (QED) is 0.823. The molecule has 1 aliphatic rings. The Labute approximate surface area is 112 Å². The first-order valence-corrected chi connectivity index (χ1v) is 6.70. The Morgan fingerprint density at radius 1 is 1.63 bits per heavy atom. The number of anilines is 1. The van der Waals surface area contributed by atoms with Crippen LogP contribution in [0.3, 0.4) is 0 Å². The fourth-order valence-electron chi connectivity index (χ4n) is 2.43. The molecular weight excluding hydrogens is 244 g/mol. The number of hydrogen-bond acceptors (Lipinski definition) is 4. The summed E-state index contributed by atoms with van der Waals surface area (Å²) in [5.74, 6) is 1.40. The number of amides is 1. The number of aryl methyl sites for hydroxylation is 1. The van der Waals surface area contributed by atoms with Crippen molar-refractivity contribution in [2.75, 3.05) is 25.0 Å². The number of nitrogens with one attached hydrogen (secondary N) is 2. The number of piperidine rings is 1. The molecule has 1 amide bonds. The highest BCUT2D eigenvalue weighted by Crippen LogP contribution is 2.20. The van der Waals surface area contributed by atoms with Crippen LogP contribution in [0.1, 0.15) is 25.6 Å². The monoisotopic (exact) mass is 264 g/mol. The minimum atomic E-state index is -0.135. The van der Waals surface area contributed by atoms with Crippen LogP contribution >= 0.6 is 0 Å². The Kier molecular flexibility index (Phi) is 4.19. The van der Waals surface area contributed by atoms with Gasteiger partial charge >= 0.3 is 0 Å². The Balaban J connectivity index is 2.19. The van der Waals surface area contributed by atoms with Gasteiger partial charge in [0.05, 0.1) is 5.92 Å². The van der Waals surface area contributed by atoms with Gasteiger partial charge in [0.15, 0.2) is 0 Å². The zero-order chi connectivity index (χ0) is 13.8. The maximum Gasteiger partial charge on any atom is 0.252 e. The van der Waals surface area contributed by atoms with E-state index in [1.807, 2.05) is 11.8 Å². The molecule has 6 nitrogen and oxygen atoms in total. The molecular formula is C13H20N4O2. The molecule has 0 aromatic carbocycles. The molecule has 1 aromatic rings. The van der Waals surface area contributed by atoms with E-state index in [9.17, 15) is 9.59 Å². The van der Waals surface area contributed by atoms with Crippen molar-refractivity contribution < 1.29 is 4.79 Å². The van der Waals surface area contributed by atoms with E-state index >= 15 is 0 Å². The first-order chi connectivity index (χ1) is 9.13. The van der Waals surface area contributed by atoms with Gasteiger partial charge in [-0.3, -0.25) is 9.59 Å². The van der Waals surface area contributed by atoms with Crippen molar-refractivity contribution in [1.29, 1.82) is 0 Å². The Morgan fingerprint density at radius 2 is 2.42 bits per heavy atom. The third kappa shape index (κ3) is 3.13. The Morgan fingerprint density at radius 3 is 3.11 bits per heavy atom. The van der Waals surface area contributed by atoms with Crippen LogP contribution in [0.25, 0.3) is 0 Å². The summed E-state index contributed by atoms with van der Waals surface area (Å²) in [6.07, 6.45) is 2.52. The maximum absolute atomic E-state index is 11.7. The third-order valence-corrected chi connectivity index (χ3v) is 3.47. The van der Waals surface area contributed by atoms with Crippen molar-refractivity contribution >= 4 is 11.7 Å². The highest BCUT2D eigenvalue weighted by molar-refractivity contribution is 5.79. The van der Waals surface area contributed by atoms with Gasteiger partial charge in [-0.15, -0.1) is 0 Å². The summed E-state index contributed by atoms with van der Waals surface area (Å²) in [5.41, 5.74) is -0.135. The number of H-pyrrole nitrogens is 1. The molecule has 1 unspecified atom stereocenters. The average molecular weight is 264 g/mol. The minimum Gasteiger partial charge on any atom is -0.359 e. The average Bonchev–Trinajstić information content (AvgIpc) is 2.45. The second-order valence-corrected chi connectivity index (χ2v) is 4.80. The molecule has 1 atom stereocenters. The largest absolute Gasteiger partial charge is 0.359 e. The molecule has 2 N–H and O–H groups in total. The molecule has 1 aliphatic heterocycles. The van der Waals surface area contributed by atoms with Gasteiger partial charge < -0.3 is 15.2 Å². The molecule has 1 fully saturated rings. The van der Waals surface area contributed by atoms with Gasteiger partial charge in [-0.25, -0.2) is 4.98 Å². The van der Waals surface area contributed by atoms with Gasteiger partial charge in [-0.1, -0.05) is 6.92 Å². The molecule has 104 valence electrons. The van der Waals surface area contributed by atoms with Crippen molar-refractivity contribution in [2.24, 2.45) is 5.92 Å². The van der Waals surface area contributed by atoms with E-state index in [1.165, 1.54) is 6.07 Å². The van der Waals surface area contributed by atoms with Crippen LogP contribution in [-0.2, 0) is 11.2 Å². The molecule has 6 heteroatoms. The van der Waals surface area contributed by atoms with E-state index in [1.54, 1.807) is 7.05 Å². The van der Waals surface area contributed by atoms with E-state index in [-0.39, 0.29) is 17.4 Å². The summed E-state index contributed by atoms with van der Waals surface area (Å²) in [5, 5.41) is 2.69. The zero-order valence-corrected chi connectivity index (χ0v) is 11.4. The van der Waals surface area contributed by atoms with Gasteiger partial charge in [0.2, 0.25) is 5.91 Å². The van der Waals surface area contributed by atoms with Crippen molar-refractivity contribution in [1.82, 2.24) is 15.3 Å². The zero-order valence-electron chi connectivity index (χ0n) is 11.4.